The summed E-state index contributed by atoms with van der Waals surface area (Å²) in [6.45, 7) is 2.83. The molecule has 2 fully saturated rings. The predicted octanol–water partition coefficient (Wildman–Crippen LogP) is 2.93. The number of aryl methyl sites for hydroxylation is 1. The normalized spacial score (nSPS) is 26.7. The van der Waals surface area contributed by atoms with Crippen molar-refractivity contribution in [3.8, 4) is 0 Å². The lowest BCUT2D eigenvalue weighted by atomic mass is 9.60. The van der Waals surface area contributed by atoms with Crippen LogP contribution >= 0.6 is 11.3 Å². The number of aromatic nitrogens is 1. The van der Waals surface area contributed by atoms with Gasteiger partial charge in [0.25, 0.3) is 0 Å². The average Bonchev–Trinajstić information content (AvgIpc) is 3.16. The van der Waals surface area contributed by atoms with E-state index < -0.39 is 0 Å². The highest BCUT2D eigenvalue weighted by Crippen LogP contribution is 2.54. The molecule has 0 saturated heterocycles. The molecule has 1 heterocycles. The van der Waals surface area contributed by atoms with E-state index in [1.54, 1.807) is 11.3 Å². The maximum Gasteiger partial charge on any atom is 0.220 e. The van der Waals surface area contributed by atoms with Gasteiger partial charge in [0.1, 0.15) is 0 Å². The Balaban J connectivity index is 1.51. The van der Waals surface area contributed by atoms with Crippen LogP contribution in [0.4, 0.5) is 0 Å². The summed E-state index contributed by atoms with van der Waals surface area (Å²) in [5, 5.41) is 5.27. The number of carbonyl (C=O) groups excluding carboxylic acids is 1. The highest BCUT2D eigenvalue weighted by molar-refractivity contribution is 7.07. The summed E-state index contributed by atoms with van der Waals surface area (Å²) < 4.78 is 5.89. The summed E-state index contributed by atoms with van der Waals surface area (Å²) >= 11 is 1.58. The fraction of sp³-hybridized carbons (Fsp3) is 0.750. The number of thiazole rings is 1. The molecular formula is C16H24N2O2S. The van der Waals surface area contributed by atoms with Crippen LogP contribution < -0.4 is 5.32 Å². The Bertz CT molecular complexity index is 469. The molecule has 116 valence electrons. The van der Waals surface area contributed by atoms with Crippen molar-refractivity contribution in [2.75, 3.05) is 6.61 Å². The summed E-state index contributed by atoms with van der Waals surface area (Å²) in [6, 6.07) is 0.319. The van der Waals surface area contributed by atoms with Crippen LogP contribution in [-0.2, 0) is 16.0 Å². The standard InChI is InChI=1S/C16H24N2O2S/c1-2-20-14-9-13(16(14)7-3-4-8-16)18-15(19)6-5-12-10-21-11-17-12/h10-11,13-14H,2-9H2,1H3,(H,18,19)/t13-,14+/m1/s1. The highest BCUT2D eigenvalue weighted by Gasteiger charge is 2.57. The van der Waals surface area contributed by atoms with Crippen LogP contribution in [0.3, 0.4) is 0 Å². The van der Waals surface area contributed by atoms with Crippen molar-refractivity contribution >= 4 is 17.2 Å². The van der Waals surface area contributed by atoms with Crippen LogP contribution in [0.15, 0.2) is 10.9 Å². The zero-order chi connectivity index (χ0) is 14.7. The molecule has 1 spiro atoms. The van der Waals surface area contributed by atoms with Gasteiger partial charge in [0, 0.05) is 29.9 Å². The van der Waals surface area contributed by atoms with E-state index in [1.807, 2.05) is 10.9 Å². The smallest absolute Gasteiger partial charge is 0.220 e. The van der Waals surface area contributed by atoms with E-state index in [4.69, 9.17) is 4.74 Å². The van der Waals surface area contributed by atoms with Crippen molar-refractivity contribution in [3.63, 3.8) is 0 Å². The van der Waals surface area contributed by atoms with Gasteiger partial charge in [0.15, 0.2) is 0 Å². The predicted molar refractivity (Wildman–Crippen MR) is 83.3 cm³/mol. The number of hydrogen-bond acceptors (Lipinski definition) is 4. The topological polar surface area (TPSA) is 51.2 Å². The van der Waals surface area contributed by atoms with Crippen LogP contribution in [-0.4, -0.2) is 29.6 Å². The number of ether oxygens (including phenoxy) is 1. The molecule has 5 heteroatoms. The maximum absolute atomic E-state index is 12.2. The van der Waals surface area contributed by atoms with Crippen molar-refractivity contribution in [2.45, 2.75) is 64.0 Å². The van der Waals surface area contributed by atoms with Gasteiger partial charge in [-0.2, -0.15) is 0 Å². The molecule has 1 N–H and O–H groups in total. The molecule has 2 saturated carbocycles. The van der Waals surface area contributed by atoms with Gasteiger partial charge < -0.3 is 10.1 Å². The molecule has 0 unspecified atom stereocenters. The summed E-state index contributed by atoms with van der Waals surface area (Å²) in [4.78, 5) is 16.4. The largest absolute Gasteiger partial charge is 0.378 e. The van der Waals surface area contributed by atoms with E-state index in [1.165, 1.54) is 25.7 Å². The maximum atomic E-state index is 12.2. The first-order valence-corrected chi connectivity index (χ1v) is 8.97. The molecule has 21 heavy (non-hydrogen) atoms. The van der Waals surface area contributed by atoms with E-state index in [2.05, 4.69) is 17.2 Å². The molecule has 2 atom stereocenters. The molecule has 2 aliphatic carbocycles. The third kappa shape index (κ3) is 2.99. The van der Waals surface area contributed by atoms with Gasteiger partial charge in [-0.05, 0) is 32.6 Å². The van der Waals surface area contributed by atoms with Crippen LogP contribution in [0.1, 0.15) is 51.1 Å². The van der Waals surface area contributed by atoms with Crippen molar-refractivity contribution < 1.29 is 9.53 Å². The average molecular weight is 308 g/mol. The fourth-order valence-corrected chi connectivity index (χ4v) is 4.55. The highest BCUT2D eigenvalue weighted by atomic mass is 32.1. The zero-order valence-corrected chi connectivity index (χ0v) is 13.5. The van der Waals surface area contributed by atoms with E-state index in [9.17, 15) is 4.79 Å². The zero-order valence-electron chi connectivity index (χ0n) is 12.6. The Labute approximate surface area is 130 Å². The second-order valence-corrected chi connectivity index (χ2v) is 6.94. The molecule has 1 aromatic heterocycles. The van der Waals surface area contributed by atoms with Crippen molar-refractivity contribution in [1.29, 1.82) is 0 Å². The fourth-order valence-electron chi connectivity index (χ4n) is 3.96. The van der Waals surface area contributed by atoms with Gasteiger partial charge in [0.05, 0.1) is 17.3 Å². The second-order valence-electron chi connectivity index (χ2n) is 6.22. The Morgan fingerprint density at radius 3 is 3.00 bits per heavy atom. The number of hydrogen-bond donors (Lipinski definition) is 1. The number of carbonyl (C=O) groups is 1. The van der Waals surface area contributed by atoms with E-state index in [0.717, 1.165) is 25.1 Å². The van der Waals surface area contributed by atoms with Gasteiger partial charge in [-0.3, -0.25) is 4.79 Å². The Kier molecular flexibility index (Phi) is 4.60. The molecule has 0 radical (unpaired) electrons. The van der Waals surface area contributed by atoms with E-state index in [0.29, 0.717) is 18.6 Å². The lowest BCUT2D eigenvalue weighted by Crippen LogP contribution is -2.63. The van der Waals surface area contributed by atoms with E-state index >= 15 is 0 Å². The summed E-state index contributed by atoms with van der Waals surface area (Å²) in [5.41, 5.74) is 3.07. The molecule has 2 aliphatic rings. The molecule has 0 aliphatic heterocycles. The van der Waals surface area contributed by atoms with Crippen molar-refractivity contribution in [3.05, 3.63) is 16.6 Å². The van der Waals surface area contributed by atoms with Crippen molar-refractivity contribution in [1.82, 2.24) is 10.3 Å². The molecule has 4 nitrogen and oxygen atoms in total. The summed E-state index contributed by atoms with van der Waals surface area (Å²) in [7, 11) is 0. The van der Waals surface area contributed by atoms with Crippen LogP contribution in [0, 0.1) is 5.41 Å². The Morgan fingerprint density at radius 2 is 2.33 bits per heavy atom. The first-order valence-electron chi connectivity index (χ1n) is 8.02. The SMILES string of the molecule is CCO[C@H]1C[C@@H](NC(=O)CCc2cscn2)C12CCCC2. The molecular weight excluding hydrogens is 284 g/mol. The van der Waals surface area contributed by atoms with Gasteiger partial charge in [-0.1, -0.05) is 12.8 Å². The van der Waals surface area contributed by atoms with Crippen molar-refractivity contribution in [2.24, 2.45) is 5.41 Å². The third-order valence-corrected chi connectivity index (χ3v) is 5.75. The Hall–Kier alpha value is -0.940. The van der Waals surface area contributed by atoms with Crippen LogP contribution in [0.2, 0.25) is 0 Å². The number of nitrogens with zero attached hydrogens (tertiary/aromatic N) is 1. The summed E-state index contributed by atoms with van der Waals surface area (Å²) in [5.74, 6) is 0.161. The minimum atomic E-state index is 0.161. The minimum absolute atomic E-state index is 0.161. The van der Waals surface area contributed by atoms with Gasteiger partial charge in [-0.15, -0.1) is 11.3 Å². The number of rotatable bonds is 6. The molecule has 3 rings (SSSR count). The minimum Gasteiger partial charge on any atom is -0.378 e. The lowest BCUT2D eigenvalue weighted by Gasteiger charge is -2.54. The Morgan fingerprint density at radius 1 is 1.52 bits per heavy atom. The lowest BCUT2D eigenvalue weighted by molar-refractivity contribution is -0.144. The quantitative estimate of drug-likeness (QED) is 0.879. The van der Waals surface area contributed by atoms with Crippen LogP contribution in [0.5, 0.6) is 0 Å². The molecule has 0 bridgehead atoms. The monoisotopic (exact) mass is 308 g/mol. The first-order chi connectivity index (χ1) is 10.2. The summed E-state index contributed by atoms with van der Waals surface area (Å²) in [6.07, 6.45) is 7.57. The van der Waals surface area contributed by atoms with Gasteiger partial charge >= 0.3 is 0 Å². The van der Waals surface area contributed by atoms with Gasteiger partial charge in [0.2, 0.25) is 5.91 Å². The third-order valence-electron chi connectivity index (χ3n) is 5.11. The molecule has 1 aromatic rings. The number of nitrogens with one attached hydrogen (secondary N) is 1. The van der Waals surface area contributed by atoms with E-state index in [-0.39, 0.29) is 11.3 Å². The molecule has 0 aromatic carbocycles. The van der Waals surface area contributed by atoms with Crippen LogP contribution in [0.25, 0.3) is 0 Å². The molecule has 1 amide bonds. The first kappa shape index (κ1) is 15.0. The van der Waals surface area contributed by atoms with Gasteiger partial charge in [-0.25, -0.2) is 4.98 Å². The number of amides is 1. The second kappa shape index (κ2) is 6.44.